The van der Waals surface area contributed by atoms with Gasteiger partial charge in [0.1, 0.15) is 66.3 Å². The summed E-state index contributed by atoms with van der Waals surface area (Å²) in [6.45, 7) is 11.0. The Morgan fingerprint density at radius 2 is 0.982 bits per heavy atom. The van der Waals surface area contributed by atoms with Crippen LogP contribution in [0.25, 0.3) is 32.7 Å². The van der Waals surface area contributed by atoms with Crippen LogP contribution in [0.2, 0.25) is 15.1 Å². The van der Waals surface area contributed by atoms with Gasteiger partial charge in [-0.2, -0.15) is 0 Å². The Bertz CT molecular complexity index is 5170. The highest BCUT2D eigenvalue weighted by Crippen LogP contribution is 2.42. The molecule has 5 saturated heterocycles. The number of likely N-dealkylation sites (N-methyl/N-ethyl adjacent to an activating group) is 1. The van der Waals surface area contributed by atoms with Crippen molar-refractivity contribution in [2.45, 2.75) is 39.0 Å². The van der Waals surface area contributed by atoms with Crippen molar-refractivity contribution in [3.63, 3.8) is 0 Å². The number of nitrogens with one attached hydrogen (secondary N) is 5. The van der Waals surface area contributed by atoms with Gasteiger partial charge in [0.25, 0.3) is 0 Å². The van der Waals surface area contributed by atoms with Crippen LogP contribution in [0, 0.1) is 94.9 Å². The maximum absolute atomic E-state index is 13.6. The Hall–Kier alpha value is -10.3. The third-order valence-electron chi connectivity index (χ3n) is 17.4. The van der Waals surface area contributed by atoms with E-state index < -0.39 is 30.7 Å². The van der Waals surface area contributed by atoms with Crippen LogP contribution in [0.3, 0.4) is 0 Å². The van der Waals surface area contributed by atoms with Gasteiger partial charge in [-0.15, -0.1) is 12.3 Å². The van der Waals surface area contributed by atoms with Crippen molar-refractivity contribution in [1.82, 2.24) is 34.8 Å². The Morgan fingerprint density at radius 3 is 1.35 bits per heavy atom. The summed E-state index contributed by atoms with van der Waals surface area (Å²) in [5.41, 5.74) is 13.3. The van der Waals surface area contributed by atoms with Crippen LogP contribution >= 0.6 is 42.2 Å². The molecule has 112 heavy (non-hydrogen) atoms. The summed E-state index contributed by atoms with van der Waals surface area (Å²) in [7, 11) is 0.761. The number of nitrogens with two attached hydrogens (primary N) is 1. The van der Waals surface area contributed by atoms with Gasteiger partial charge in [0.15, 0.2) is 0 Å². The van der Waals surface area contributed by atoms with Gasteiger partial charge in [-0.1, -0.05) is 76.4 Å². The number of ether oxygens (including phenoxy) is 5. The van der Waals surface area contributed by atoms with Crippen molar-refractivity contribution in [2.24, 2.45) is 29.6 Å². The lowest BCUT2D eigenvalue weighted by atomic mass is 10.1. The standard InChI is InChI=1S/C26H25ClFN5O2.C25H25ClFN4O4P.C20H16ClFN4O.C6H8O.C5H8O2/c1-33(2)10-3-4-25(34)32-23-14-20-24(12-18(23)6-5-17-9-11-35-15-17)29-16-30-26(20)31-19-7-8-22(28)21(27)13-19;1-3-35-36(2,33)14-24(32)31-22-12-19-23(10-17(22)5-4-16-8-9-34-13-16)28-15-29-25(19)30-18-6-7-21(27)20(26)11-18;21-16-8-14(3-4-17(16)22)26-20-15-9-18(23)13(7-19(15)24-11-25-20)2-1-12-5-6-27-10-12;1-2-6-3-4-7-5-6;6-3-5-1-2-7-4-5/h3-4,7-8,12-14,16-17H,9-11,15H2,1-2H3,(H,32,34)(H,29,30,31);6-7,10-12,15-16H,3,8-9,13-14H2,1-2H3,(H,31,32)(H,28,29,30);3-4,7-9,11-12H,5-6,10,23H2,(H,24,25,26);1,6H,3-5H2;3,5H,1-2,4H2/b4-3+;;;;. The minimum Gasteiger partial charge on any atom is -0.398 e. The summed E-state index contributed by atoms with van der Waals surface area (Å²) < 4.78 is 84.3. The van der Waals surface area contributed by atoms with Crippen LogP contribution in [0.15, 0.2) is 122 Å². The molecule has 6 unspecified atom stereocenters. The molecule has 23 nitrogen and oxygen atoms in total. The predicted molar refractivity (Wildman–Crippen MR) is 432 cm³/mol. The maximum atomic E-state index is 13.6. The first-order valence-electron chi connectivity index (χ1n) is 35.9. The molecule has 0 aliphatic carbocycles. The molecule has 0 saturated carbocycles. The Kier molecular flexibility index (Phi) is 31.5. The molecule has 30 heteroatoms. The molecule has 0 bridgehead atoms. The van der Waals surface area contributed by atoms with Gasteiger partial charge in [0.2, 0.25) is 19.2 Å². The number of hydrogen-bond donors (Lipinski definition) is 6. The number of benzene rings is 6. The number of halogens is 6. The quantitative estimate of drug-likeness (QED) is 0.0172. The van der Waals surface area contributed by atoms with Crippen molar-refractivity contribution >= 4 is 145 Å². The molecule has 0 spiro atoms. The highest BCUT2D eigenvalue weighted by atomic mass is 35.5. The topological polar surface area (TPSA) is 290 Å². The fraction of sp³-hybridized carbons (Fsp3) is 0.329. The molecule has 0 radical (unpaired) electrons. The second-order valence-corrected chi connectivity index (χ2v) is 30.3. The van der Waals surface area contributed by atoms with E-state index in [1.807, 2.05) is 31.1 Å². The Labute approximate surface area is 662 Å². The zero-order chi connectivity index (χ0) is 79.5. The summed E-state index contributed by atoms with van der Waals surface area (Å²) >= 11 is 17.7. The smallest absolute Gasteiger partial charge is 0.248 e. The molecule has 5 aliphatic rings. The van der Waals surface area contributed by atoms with Crippen molar-refractivity contribution in [1.29, 1.82) is 0 Å². The SMILES string of the molecule is C#CC1CCOC1.CCOP(C)(=O)CC(=O)Nc1cc2c(Nc3ccc(F)c(Cl)c3)ncnc2cc1C#CC1CCOC1.CN(C)C/C=C/C(=O)Nc1cc2c(Nc3ccc(F)c(Cl)c3)ncnc2cc1C#CC1CCOC1.Nc1cc2c(Nc3ccc(F)c(Cl)c3)ncnc2cc1C#CC1CCOC1.O=CC1CCOC1. The number of anilines is 9. The number of aldehydes is 1. The zero-order valence-corrected chi connectivity index (χ0v) is 65.0. The third-order valence-corrected chi connectivity index (χ3v) is 19.9. The van der Waals surface area contributed by atoms with Gasteiger partial charge >= 0.3 is 0 Å². The Morgan fingerprint density at radius 1 is 0.580 bits per heavy atom. The molecule has 5 aliphatic heterocycles. The fourth-order valence-electron chi connectivity index (χ4n) is 11.4. The van der Waals surface area contributed by atoms with Crippen LogP contribution in [-0.2, 0) is 47.2 Å². The average molecular weight is 1600 g/mol. The molecule has 6 atom stereocenters. The van der Waals surface area contributed by atoms with Gasteiger partial charge in [0.05, 0.1) is 93.8 Å². The van der Waals surface area contributed by atoms with Crippen molar-refractivity contribution in [2.75, 3.05) is 138 Å². The first-order valence-corrected chi connectivity index (χ1v) is 39.2. The molecule has 2 amide bonds. The lowest BCUT2D eigenvalue weighted by molar-refractivity contribution is -0.114. The number of terminal acetylenes is 1. The number of nitrogens with zero attached hydrogens (tertiary/aromatic N) is 7. The van der Waals surface area contributed by atoms with E-state index in [-0.39, 0.29) is 57.4 Å². The largest absolute Gasteiger partial charge is 0.398 e. The van der Waals surface area contributed by atoms with E-state index in [1.165, 1.54) is 74.2 Å². The van der Waals surface area contributed by atoms with Crippen molar-refractivity contribution in [3.8, 4) is 47.9 Å². The van der Waals surface area contributed by atoms with Gasteiger partial charge in [-0.05, 0) is 144 Å². The van der Waals surface area contributed by atoms with Crippen LogP contribution < -0.4 is 32.3 Å². The molecule has 9 aromatic rings. The molecular weight excluding hydrogens is 1520 g/mol. The van der Waals surface area contributed by atoms with E-state index in [2.05, 4.69) is 97.9 Å². The molecule has 7 N–H and O–H groups in total. The van der Waals surface area contributed by atoms with Gasteiger partial charge in [0, 0.05) is 126 Å². The number of carbonyl (C=O) groups excluding carboxylic acids is 3. The number of rotatable bonds is 16. The molecule has 14 rings (SSSR count). The number of hydrogen-bond acceptors (Lipinski definition) is 21. The number of aromatic nitrogens is 6. The number of carbonyl (C=O) groups is 3. The highest BCUT2D eigenvalue weighted by molar-refractivity contribution is 7.59. The fourth-order valence-corrected chi connectivity index (χ4v) is 13.2. The van der Waals surface area contributed by atoms with Gasteiger partial charge in [-0.3, -0.25) is 14.2 Å². The Balaban J connectivity index is 0.000000164. The number of amides is 2. The van der Waals surface area contributed by atoms with Gasteiger partial charge < -0.3 is 70.2 Å². The lowest BCUT2D eigenvalue weighted by Gasteiger charge is -2.15. The van der Waals surface area contributed by atoms with Crippen LogP contribution in [0.5, 0.6) is 0 Å². The molecule has 582 valence electrons. The van der Waals surface area contributed by atoms with E-state index in [4.69, 9.17) is 75.2 Å². The summed E-state index contributed by atoms with van der Waals surface area (Å²) in [6.07, 6.45) is 18.0. The second kappa shape index (κ2) is 41.9. The summed E-state index contributed by atoms with van der Waals surface area (Å²) in [5, 5.41) is 17.1. The van der Waals surface area contributed by atoms with Crippen LogP contribution in [0.1, 0.15) is 55.7 Å². The third kappa shape index (κ3) is 25.4. The van der Waals surface area contributed by atoms with E-state index >= 15 is 0 Å². The van der Waals surface area contributed by atoms with E-state index in [1.54, 1.807) is 49.4 Å². The molecule has 6 aromatic carbocycles. The summed E-state index contributed by atoms with van der Waals surface area (Å²) in [4.78, 5) is 63.2. The molecular formula is C82H82Cl3F3N13O10P. The predicted octanol–water partition coefficient (Wildman–Crippen LogP) is 15.1. The normalized spacial score (nSPS) is 17.9. The number of nitrogen functional groups attached to an aromatic ring is 1. The maximum Gasteiger partial charge on any atom is 0.248 e. The van der Waals surface area contributed by atoms with Crippen LogP contribution in [0.4, 0.5) is 64.7 Å². The van der Waals surface area contributed by atoms with E-state index in [0.29, 0.717) is 142 Å². The average Bonchev–Trinajstić information content (AvgIpc) is 1.17. The molecule has 5 fully saturated rings. The van der Waals surface area contributed by atoms with Gasteiger partial charge in [-0.25, -0.2) is 43.1 Å². The van der Waals surface area contributed by atoms with Crippen molar-refractivity contribution in [3.05, 3.63) is 171 Å². The van der Waals surface area contributed by atoms with Crippen LogP contribution in [-0.4, -0.2) is 159 Å². The first kappa shape index (κ1) is 84.2. The number of fused-ring (bicyclic) bond motifs is 3. The summed E-state index contributed by atoms with van der Waals surface area (Å²) in [5.74, 6) is 22.1. The zero-order valence-electron chi connectivity index (χ0n) is 61.8. The minimum atomic E-state index is -3.09. The van der Waals surface area contributed by atoms with E-state index in [0.717, 1.165) is 75.8 Å². The summed E-state index contributed by atoms with van der Waals surface area (Å²) in [6, 6.07) is 23.6. The second-order valence-electron chi connectivity index (χ2n) is 26.5. The monoisotopic (exact) mass is 1600 g/mol. The minimum absolute atomic E-state index is 0.000668. The first-order chi connectivity index (χ1) is 54.1. The molecule has 3 aromatic heterocycles. The molecule has 8 heterocycles. The lowest BCUT2D eigenvalue weighted by Crippen LogP contribution is -2.18. The highest BCUT2D eigenvalue weighted by Gasteiger charge is 2.24. The van der Waals surface area contributed by atoms with Crippen molar-refractivity contribution < 1.29 is 60.3 Å². The van der Waals surface area contributed by atoms with E-state index in [9.17, 15) is 32.1 Å².